The Morgan fingerprint density at radius 3 is 2.31 bits per heavy atom. The second-order valence-corrected chi connectivity index (χ2v) is 3.29. The molecule has 0 bridgehead atoms. The Morgan fingerprint density at radius 2 is 1.92 bits per heavy atom. The van der Waals surface area contributed by atoms with E-state index in [1.807, 2.05) is 0 Å². The highest BCUT2D eigenvalue weighted by atomic mass is 19.4. The van der Waals surface area contributed by atoms with Gasteiger partial charge in [-0.15, -0.1) is 0 Å². The van der Waals surface area contributed by atoms with Crippen molar-refractivity contribution in [2.75, 3.05) is 6.54 Å². The van der Waals surface area contributed by atoms with E-state index in [0.717, 1.165) is 0 Å². The number of hydrogen-bond acceptors (Lipinski definition) is 3. The first-order valence-electron chi connectivity index (χ1n) is 4.06. The van der Waals surface area contributed by atoms with Crippen molar-refractivity contribution in [2.45, 2.75) is 37.3 Å². The Hall–Kier alpha value is -0.330. The lowest BCUT2D eigenvalue weighted by Crippen LogP contribution is -2.49. The van der Waals surface area contributed by atoms with Crippen LogP contribution in [0, 0.1) is 0 Å². The van der Waals surface area contributed by atoms with Gasteiger partial charge in [0, 0.05) is 12.6 Å². The summed E-state index contributed by atoms with van der Waals surface area (Å²) in [7, 11) is 0. The normalized spacial score (nSPS) is 31.2. The summed E-state index contributed by atoms with van der Waals surface area (Å²) in [5.74, 6) is 0. The Morgan fingerprint density at radius 1 is 1.38 bits per heavy atom. The number of aliphatic hydroxyl groups excluding tert-OH is 2. The summed E-state index contributed by atoms with van der Waals surface area (Å²) in [5, 5.41) is 19.9. The molecule has 1 atom stereocenters. The van der Waals surface area contributed by atoms with Crippen LogP contribution in [0.1, 0.15) is 12.8 Å². The second kappa shape index (κ2) is 3.81. The predicted octanol–water partition coefficient (Wildman–Crippen LogP) is 0.0225. The highest BCUT2D eigenvalue weighted by Crippen LogP contribution is 2.22. The summed E-state index contributed by atoms with van der Waals surface area (Å²) in [6, 6.07) is -0.0907. The summed E-state index contributed by atoms with van der Waals surface area (Å²) in [4.78, 5) is 0. The van der Waals surface area contributed by atoms with Crippen molar-refractivity contribution in [2.24, 2.45) is 0 Å². The van der Waals surface area contributed by atoms with E-state index in [4.69, 9.17) is 10.2 Å². The molecule has 0 spiro atoms. The molecule has 3 nitrogen and oxygen atoms in total. The van der Waals surface area contributed by atoms with E-state index < -0.39 is 24.9 Å². The minimum absolute atomic E-state index is 0.0907. The van der Waals surface area contributed by atoms with Crippen LogP contribution in [0.3, 0.4) is 0 Å². The summed E-state index contributed by atoms with van der Waals surface area (Å²) >= 11 is 0. The highest BCUT2D eigenvalue weighted by molar-refractivity contribution is 4.85. The molecule has 1 aliphatic carbocycles. The van der Waals surface area contributed by atoms with Crippen LogP contribution in [0.2, 0.25) is 0 Å². The van der Waals surface area contributed by atoms with E-state index in [9.17, 15) is 13.2 Å². The number of aliphatic hydroxyl groups is 2. The number of hydrogen-bond donors (Lipinski definition) is 3. The fourth-order valence-electron chi connectivity index (χ4n) is 1.15. The second-order valence-electron chi connectivity index (χ2n) is 3.29. The Kier molecular flexibility index (Phi) is 3.15. The summed E-state index contributed by atoms with van der Waals surface area (Å²) in [6.07, 6.45) is -6.35. The standard InChI is InChI=1S/C7H12F3NO2/c8-7(9,10)6(13)3-11-4-1-5(12)2-4/h4-6,11-13H,1-3H2. The maximum Gasteiger partial charge on any atom is 0.415 e. The quantitative estimate of drug-likeness (QED) is 0.600. The topological polar surface area (TPSA) is 52.5 Å². The van der Waals surface area contributed by atoms with Crippen molar-refractivity contribution in [1.29, 1.82) is 0 Å². The molecule has 0 heterocycles. The van der Waals surface area contributed by atoms with E-state index in [2.05, 4.69) is 5.32 Å². The van der Waals surface area contributed by atoms with Crippen LogP contribution in [-0.4, -0.2) is 41.2 Å². The molecular weight excluding hydrogens is 187 g/mol. The third-order valence-electron chi connectivity index (χ3n) is 2.09. The van der Waals surface area contributed by atoms with Gasteiger partial charge in [0.1, 0.15) is 0 Å². The minimum atomic E-state index is -4.56. The van der Waals surface area contributed by atoms with Gasteiger partial charge in [-0.25, -0.2) is 0 Å². The van der Waals surface area contributed by atoms with Crippen molar-refractivity contribution in [3.05, 3.63) is 0 Å². The fraction of sp³-hybridized carbons (Fsp3) is 1.00. The van der Waals surface area contributed by atoms with Crippen molar-refractivity contribution in [3.63, 3.8) is 0 Å². The molecule has 3 N–H and O–H groups in total. The minimum Gasteiger partial charge on any atom is -0.393 e. The highest BCUT2D eigenvalue weighted by Gasteiger charge is 2.39. The fourth-order valence-corrected chi connectivity index (χ4v) is 1.15. The van der Waals surface area contributed by atoms with E-state index in [1.54, 1.807) is 0 Å². The summed E-state index contributed by atoms with van der Waals surface area (Å²) < 4.78 is 35.3. The third kappa shape index (κ3) is 3.13. The predicted molar refractivity (Wildman–Crippen MR) is 39.1 cm³/mol. The van der Waals surface area contributed by atoms with Crippen molar-refractivity contribution >= 4 is 0 Å². The molecule has 1 rings (SSSR count). The van der Waals surface area contributed by atoms with E-state index >= 15 is 0 Å². The van der Waals surface area contributed by atoms with E-state index in [1.165, 1.54) is 0 Å². The van der Waals surface area contributed by atoms with Gasteiger partial charge in [0.2, 0.25) is 0 Å². The molecule has 0 aromatic rings. The van der Waals surface area contributed by atoms with Gasteiger partial charge in [0.25, 0.3) is 0 Å². The molecule has 1 saturated carbocycles. The van der Waals surface area contributed by atoms with Gasteiger partial charge in [-0.1, -0.05) is 0 Å². The van der Waals surface area contributed by atoms with Gasteiger partial charge in [-0.05, 0) is 12.8 Å². The summed E-state index contributed by atoms with van der Waals surface area (Å²) in [6.45, 7) is -0.499. The Balaban J connectivity index is 2.12. The lowest BCUT2D eigenvalue weighted by atomic mass is 9.89. The zero-order valence-corrected chi connectivity index (χ0v) is 6.88. The molecule has 1 aliphatic rings. The summed E-state index contributed by atoms with van der Waals surface area (Å²) in [5.41, 5.74) is 0. The molecule has 78 valence electrons. The molecule has 0 aliphatic heterocycles. The largest absolute Gasteiger partial charge is 0.415 e. The van der Waals surface area contributed by atoms with E-state index in [0.29, 0.717) is 12.8 Å². The van der Waals surface area contributed by atoms with Gasteiger partial charge in [-0.3, -0.25) is 0 Å². The molecular formula is C7H12F3NO2. The monoisotopic (exact) mass is 199 g/mol. The number of rotatable bonds is 3. The number of alkyl halides is 3. The maximum atomic E-state index is 11.8. The lowest BCUT2D eigenvalue weighted by Gasteiger charge is -2.33. The van der Waals surface area contributed by atoms with Crippen LogP contribution in [0.15, 0.2) is 0 Å². The van der Waals surface area contributed by atoms with E-state index in [-0.39, 0.29) is 6.04 Å². The molecule has 13 heavy (non-hydrogen) atoms. The Bertz CT molecular complexity index is 168. The van der Waals surface area contributed by atoms with Crippen LogP contribution < -0.4 is 5.32 Å². The van der Waals surface area contributed by atoms with Crippen LogP contribution in [0.5, 0.6) is 0 Å². The van der Waals surface area contributed by atoms with Gasteiger partial charge >= 0.3 is 6.18 Å². The lowest BCUT2D eigenvalue weighted by molar-refractivity contribution is -0.202. The zero-order valence-electron chi connectivity index (χ0n) is 6.88. The molecule has 0 radical (unpaired) electrons. The van der Waals surface area contributed by atoms with Crippen LogP contribution in [0.4, 0.5) is 13.2 Å². The maximum absolute atomic E-state index is 11.8. The molecule has 1 fully saturated rings. The first kappa shape index (κ1) is 10.7. The first-order chi connectivity index (χ1) is 5.89. The molecule has 0 amide bonds. The van der Waals surface area contributed by atoms with Crippen molar-refractivity contribution in [3.8, 4) is 0 Å². The van der Waals surface area contributed by atoms with Crippen LogP contribution >= 0.6 is 0 Å². The average Bonchev–Trinajstić information content (AvgIpc) is 1.93. The SMILES string of the molecule is OC1CC(NCC(O)C(F)(F)F)C1. The van der Waals surface area contributed by atoms with Crippen LogP contribution in [-0.2, 0) is 0 Å². The first-order valence-corrected chi connectivity index (χ1v) is 4.06. The molecule has 1 unspecified atom stereocenters. The van der Waals surface area contributed by atoms with Crippen LogP contribution in [0.25, 0.3) is 0 Å². The number of halogens is 3. The van der Waals surface area contributed by atoms with Crippen molar-refractivity contribution in [1.82, 2.24) is 5.32 Å². The average molecular weight is 199 g/mol. The molecule has 0 aromatic carbocycles. The van der Waals surface area contributed by atoms with Gasteiger partial charge in [-0.2, -0.15) is 13.2 Å². The van der Waals surface area contributed by atoms with Gasteiger partial charge in [0.15, 0.2) is 6.10 Å². The third-order valence-corrected chi connectivity index (χ3v) is 2.09. The smallest absolute Gasteiger partial charge is 0.393 e. The Labute approximate surface area is 73.6 Å². The van der Waals surface area contributed by atoms with Crippen molar-refractivity contribution < 1.29 is 23.4 Å². The molecule has 0 saturated heterocycles. The van der Waals surface area contributed by atoms with Gasteiger partial charge < -0.3 is 15.5 Å². The molecule has 0 aromatic heterocycles. The number of nitrogens with one attached hydrogen (secondary N) is 1. The zero-order chi connectivity index (χ0) is 10.1. The van der Waals surface area contributed by atoms with Gasteiger partial charge in [0.05, 0.1) is 6.10 Å². The molecule has 6 heteroatoms.